The number of nitrogens with one attached hydrogen (secondary N) is 2. The third-order valence-electron chi connectivity index (χ3n) is 2.89. The first kappa shape index (κ1) is 13.0. The highest BCUT2D eigenvalue weighted by molar-refractivity contribution is 5.90. The van der Waals surface area contributed by atoms with E-state index in [2.05, 4.69) is 20.8 Å². The average molecular weight is 254 g/mol. The van der Waals surface area contributed by atoms with E-state index in [9.17, 15) is 4.79 Å². The lowest BCUT2D eigenvalue weighted by Crippen LogP contribution is -2.37. The Kier molecular flexibility index (Phi) is 4.66. The summed E-state index contributed by atoms with van der Waals surface area (Å²) < 4.78 is 0. The number of carboxylic acids is 1. The maximum Gasteiger partial charge on any atom is 0.348 e. The Morgan fingerprint density at radius 3 is 3.17 bits per heavy atom. The molecule has 7 nitrogen and oxygen atoms in total. The zero-order valence-electron chi connectivity index (χ0n) is 10.1. The summed E-state index contributed by atoms with van der Waals surface area (Å²) in [4.78, 5) is 19.6. The Hall–Kier alpha value is -1.47. The smallest absolute Gasteiger partial charge is 0.348 e. The fourth-order valence-corrected chi connectivity index (χ4v) is 1.90. The molecule has 18 heavy (non-hydrogen) atoms. The van der Waals surface area contributed by atoms with Crippen LogP contribution < -0.4 is 10.6 Å². The van der Waals surface area contributed by atoms with Crippen LogP contribution in [-0.2, 0) is 9.63 Å². The molecule has 2 heterocycles. The van der Waals surface area contributed by atoms with Crippen molar-refractivity contribution in [1.82, 2.24) is 10.6 Å². The van der Waals surface area contributed by atoms with Crippen LogP contribution in [0.25, 0.3) is 0 Å². The second kappa shape index (κ2) is 6.46. The van der Waals surface area contributed by atoms with E-state index < -0.39 is 12.1 Å². The van der Waals surface area contributed by atoms with Crippen molar-refractivity contribution in [2.24, 2.45) is 10.1 Å². The van der Waals surface area contributed by atoms with Crippen LogP contribution in [0.4, 0.5) is 0 Å². The van der Waals surface area contributed by atoms with Crippen molar-refractivity contribution < 1.29 is 14.7 Å². The number of oxime groups is 1. The van der Waals surface area contributed by atoms with Gasteiger partial charge in [0.1, 0.15) is 0 Å². The predicted molar refractivity (Wildman–Crippen MR) is 66.7 cm³/mol. The summed E-state index contributed by atoms with van der Waals surface area (Å²) in [5.74, 6) is -0.944. The minimum Gasteiger partial charge on any atom is -0.478 e. The van der Waals surface area contributed by atoms with Crippen molar-refractivity contribution in [2.75, 3.05) is 13.1 Å². The highest BCUT2D eigenvalue weighted by Gasteiger charge is 2.26. The van der Waals surface area contributed by atoms with Crippen LogP contribution in [-0.4, -0.2) is 48.5 Å². The van der Waals surface area contributed by atoms with Crippen molar-refractivity contribution in [3.8, 4) is 0 Å². The first-order valence-corrected chi connectivity index (χ1v) is 6.18. The summed E-state index contributed by atoms with van der Waals surface area (Å²) in [6.45, 7) is 1.70. The van der Waals surface area contributed by atoms with E-state index in [0.29, 0.717) is 6.42 Å². The van der Waals surface area contributed by atoms with Gasteiger partial charge in [0.15, 0.2) is 6.29 Å². The number of carbonyl (C=O) groups is 1. The molecule has 0 aliphatic carbocycles. The molecule has 0 bridgehead atoms. The normalized spacial score (nSPS) is 26.1. The number of hydrogen-bond acceptors (Lipinski definition) is 6. The van der Waals surface area contributed by atoms with E-state index in [4.69, 9.17) is 9.94 Å². The maximum absolute atomic E-state index is 10.6. The molecule has 0 aromatic rings. The minimum absolute atomic E-state index is 0.0496. The Bertz CT molecular complexity index is 356. The fourth-order valence-electron chi connectivity index (χ4n) is 1.90. The standard InChI is InChI=1S/C11H18N4O3/c16-10(17)9-7-8(15-18-9)3-1-2-4-12-11-13-5-6-14-11/h5,9,11-12,14H,1-4,6-7H2,(H,16,17)/t9-,11-/m1/s1. The van der Waals surface area contributed by atoms with E-state index in [1.54, 1.807) is 0 Å². The van der Waals surface area contributed by atoms with E-state index in [1.165, 1.54) is 0 Å². The molecule has 0 saturated heterocycles. The molecule has 0 saturated carbocycles. The van der Waals surface area contributed by atoms with Gasteiger partial charge in [-0.15, -0.1) is 0 Å². The average Bonchev–Trinajstić information content (AvgIpc) is 2.98. The lowest BCUT2D eigenvalue weighted by Gasteiger charge is -2.09. The fraction of sp³-hybridized carbons (Fsp3) is 0.727. The first-order chi connectivity index (χ1) is 8.75. The third-order valence-corrected chi connectivity index (χ3v) is 2.89. The number of rotatable bonds is 7. The summed E-state index contributed by atoms with van der Waals surface area (Å²) in [6.07, 6.45) is 4.31. The van der Waals surface area contributed by atoms with Crippen molar-refractivity contribution in [1.29, 1.82) is 0 Å². The van der Waals surface area contributed by atoms with Crippen LogP contribution >= 0.6 is 0 Å². The molecule has 2 aliphatic heterocycles. The van der Waals surface area contributed by atoms with Gasteiger partial charge in [-0.3, -0.25) is 15.6 Å². The number of unbranched alkanes of at least 4 members (excludes halogenated alkanes) is 1. The second-order valence-electron chi connectivity index (χ2n) is 4.35. The van der Waals surface area contributed by atoms with Gasteiger partial charge in [-0.25, -0.2) is 4.79 Å². The predicted octanol–water partition coefficient (Wildman–Crippen LogP) is -0.0666. The maximum atomic E-state index is 10.6. The van der Waals surface area contributed by atoms with Gasteiger partial charge in [-0.2, -0.15) is 0 Å². The lowest BCUT2D eigenvalue weighted by atomic mass is 10.1. The van der Waals surface area contributed by atoms with Gasteiger partial charge < -0.3 is 9.94 Å². The topological polar surface area (TPSA) is 95.3 Å². The Balaban J connectivity index is 1.51. The van der Waals surface area contributed by atoms with Crippen LogP contribution in [0, 0.1) is 0 Å². The van der Waals surface area contributed by atoms with Crippen LogP contribution in [0.15, 0.2) is 10.1 Å². The van der Waals surface area contributed by atoms with Crippen LogP contribution in [0.5, 0.6) is 0 Å². The van der Waals surface area contributed by atoms with Gasteiger partial charge in [0.05, 0.1) is 5.71 Å². The number of aliphatic imine (C=N–C) groups is 1. The SMILES string of the molecule is O=C(O)[C@H]1CC(CCCCN[C@@H]2N=CCN2)=NO1. The molecule has 2 rings (SSSR count). The largest absolute Gasteiger partial charge is 0.478 e. The highest BCUT2D eigenvalue weighted by atomic mass is 16.7. The Morgan fingerprint density at radius 1 is 1.61 bits per heavy atom. The molecular formula is C11H18N4O3. The molecule has 0 aromatic heterocycles. The molecule has 0 spiro atoms. The molecule has 0 aromatic carbocycles. The van der Waals surface area contributed by atoms with E-state index in [1.807, 2.05) is 6.21 Å². The molecule has 7 heteroatoms. The van der Waals surface area contributed by atoms with Crippen molar-refractivity contribution in [3.63, 3.8) is 0 Å². The van der Waals surface area contributed by atoms with Crippen molar-refractivity contribution in [2.45, 2.75) is 38.1 Å². The molecule has 0 amide bonds. The highest BCUT2D eigenvalue weighted by Crippen LogP contribution is 2.14. The summed E-state index contributed by atoms with van der Waals surface area (Å²) in [7, 11) is 0. The summed E-state index contributed by atoms with van der Waals surface area (Å²) in [5.41, 5.74) is 0.847. The lowest BCUT2D eigenvalue weighted by molar-refractivity contribution is -0.148. The zero-order valence-corrected chi connectivity index (χ0v) is 10.1. The van der Waals surface area contributed by atoms with Gasteiger partial charge in [0.2, 0.25) is 6.10 Å². The van der Waals surface area contributed by atoms with Crippen LogP contribution in [0.3, 0.4) is 0 Å². The molecule has 0 unspecified atom stereocenters. The van der Waals surface area contributed by atoms with Crippen LogP contribution in [0.2, 0.25) is 0 Å². The molecule has 0 fully saturated rings. The minimum atomic E-state index is -0.944. The molecule has 100 valence electrons. The van der Waals surface area contributed by atoms with Gasteiger partial charge in [-0.1, -0.05) is 5.16 Å². The van der Waals surface area contributed by atoms with Crippen molar-refractivity contribution in [3.05, 3.63) is 0 Å². The van der Waals surface area contributed by atoms with E-state index in [0.717, 1.165) is 38.1 Å². The molecular weight excluding hydrogens is 236 g/mol. The molecule has 2 aliphatic rings. The van der Waals surface area contributed by atoms with Gasteiger partial charge in [0, 0.05) is 19.2 Å². The van der Waals surface area contributed by atoms with Crippen LogP contribution in [0.1, 0.15) is 25.7 Å². The van der Waals surface area contributed by atoms with E-state index in [-0.39, 0.29) is 6.29 Å². The zero-order chi connectivity index (χ0) is 12.8. The number of nitrogens with zero attached hydrogens (tertiary/aromatic N) is 2. The van der Waals surface area contributed by atoms with E-state index >= 15 is 0 Å². The van der Waals surface area contributed by atoms with Gasteiger partial charge >= 0.3 is 5.97 Å². The Morgan fingerprint density at radius 2 is 2.50 bits per heavy atom. The monoisotopic (exact) mass is 254 g/mol. The summed E-state index contributed by atoms with van der Waals surface area (Å²) >= 11 is 0. The quantitative estimate of drug-likeness (QED) is 0.553. The number of hydrogen-bond donors (Lipinski definition) is 3. The molecule has 0 radical (unpaired) electrons. The van der Waals surface area contributed by atoms with Gasteiger partial charge in [-0.05, 0) is 25.8 Å². The third kappa shape index (κ3) is 3.78. The second-order valence-corrected chi connectivity index (χ2v) is 4.35. The number of aliphatic carboxylic acids is 1. The first-order valence-electron chi connectivity index (χ1n) is 6.18. The summed E-state index contributed by atoms with van der Waals surface area (Å²) in [6, 6.07) is 0. The Labute approximate surface area is 105 Å². The number of carboxylic acid groups (broad SMARTS) is 1. The van der Waals surface area contributed by atoms with Crippen molar-refractivity contribution >= 4 is 17.9 Å². The summed E-state index contributed by atoms with van der Waals surface area (Å²) in [5, 5.41) is 19.0. The molecule has 2 atom stereocenters. The molecule has 3 N–H and O–H groups in total. The van der Waals surface area contributed by atoms with Gasteiger partial charge in [0.25, 0.3) is 0 Å².